The van der Waals surface area contributed by atoms with Crippen LogP contribution in [0, 0.1) is 17.8 Å². The Hall–Kier alpha value is -1.83. The Labute approximate surface area is 145 Å². The standard InChI is InChI=1S/C20H27N3O/c1-22-12-6-9-19(15-22)20(24)21-11-4-5-13-23-14-10-17-7-2-3-8-18(17)16-23/h2-3,7-8,19H,6,9-16H2,1H3,(H,21,24)/t19-/m1/s1. The molecule has 1 atom stereocenters. The summed E-state index contributed by atoms with van der Waals surface area (Å²) in [6.07, 6.45) is 3.21. The Balaban J connectivity index is 1.38. The van der Waals surface area contributed by atoms with Crippen molar-refractivity contribution in [2.75, 3.05) is 39.8 Å². The molecule has 0 aromatic heterocycles. The van der Waals surface area contributed by atoms with E-state index in [2.05, 4.69) is 58.3 Å². The number of amides is 1. The summed E-state index contributed by atoms with van der Waals surface area (Å²) in [6, 6.07) is 8.64. The molecule has 24 heavy (non-hydrogen) atoms. The first kappa shape index (κ1) is 17.0. The summed E-state index contributed by atoms with van der Waals surface area (Å²) < 4.78 is 0. The van der Waals surface area contributed by atoms with E-state index in [9.17, 15) is 4.79 Å². The Morgan fingerprint density at radius 3 is 2.92 bits per heavy atom. The third kappa shape index (κ3) is 4.59. The highest BCUT2D eigenvalue weighted by Gasteiger charge is 2.23. The van der Waals surface area contributed by atoms with Gasteiger partial charge in [0.2, 0.25) is 5.91 Å². The Kier molecular flexibility index (Phi) is 5.90. The fourth-order valence-corrected chi connectivity index (χ4v) is 3.58. The van der Waals surface area contributed by atoms with Gasteiger partial charge >= 0.3 is 0 Å². The number of fused-ring (bicyclic) bond motifs is 1. The van der Waals surface area contributed by atoms with Crippen molar-refractivity contribution in [1.29, 1.82) is 0 Å². The molecule has 1 N–H and O–H groups in total. The number of carbonyl (C=O) groups excluding carboxylic acids is 1. The fourth-order valence-electron chi connectivity index (χ4n) is 3.58. The normalized spacial score (nSPS) is 21.5. The predicted octanol–water partition coefficient (Wildman–Crippen LogP) is 1.51. The summed E-state index contributed by atoms with van der Waals surface area (Å²) in [5.41, 5.74) is 2.88. The number of likely N-dealkylation sites (tertiary alicyclic amines) is 1. The second-order valence-electron chi connectivity index (χ2n) is 6.90. The number of hydrogen-bond acceptors (Lipinski definition) is 3. The maximum atomic E-state index is 12.1. The summed E-state index contributed by atoms with van der Waals surface area (Å²) in [5.74, 6) is 6.59. The lowest BCUT2D eigenvalue weighted by atomic mass is 9.98. The molecule has 128 valence electrons. The average molecular weight is 325 g/mol. The van der Waals surface area contributed by atoms with Gasteiger partial charge in [-0.3, -0.25) is 9.69 Å². The summed E-state index contributed by atoms with van der Waals surface area (Å²) in [4.78, 5) is 16.7. The minimum atomic E-state index is 0.129. The van der Waals surface area contributed by atoms with Gasteiger partial charge in [-0.15, -0.1) is 0 Å². The summed E-state index contributed by atoms with van der Waals surface area (Å²) in [5, 5.41) is 2.97. The molecule has 1 amide bonds. The van der Waals surface area contributed by atoms with Crippen molar-refractivity contribution in [2.45, 2.75) is 25.8 Å². The number of rotatable bonds is 3. The van der Waals surface area contributed by atoms with Gasteiger partial charge in [-0.2, -0.15) is 0 Å². The van der Waals surface area contributed by atoms with Crippen LogP contribution in [0.25, 0.3) is 0 Å². The zero-order valence-corrected chi connectivity index (χ0v) is 14.6. The van der Waals surface area contributed by atoms with Crippen LogP contribution in [0.1, 0.15) is 24.0 Å². The first-order chi connectivity index (χ1) is 11.7. The molecule has 3 rings (SSSR count). The van der Waals surface area contributed by atoms with Gasteiger partial charge in [0.1, 0.15) is 0 Å². The highest BCUT2D eigenvalue weighted by molar-refractivity contribution is 5.79. The number of piperidine rings is 1. The van der Waals surface area contributed by atoms with Gasteiger partial charge in [-0.25, -0.2) is 0 Å². The maximum absolute atomic E-state index is 12.1. The minimum Gasteiger partial charge on any atom is -0.345 e. The third-order valence-corrected chi connectivity index (χ3v) is 4.98. The van der Waals surface area contributed by atoms with Crippen molar-refractivity contribution in [3.05, 3.63) is 35.4 Å². The van der Waals surface area contributed by atoms with Crippen LogP contribution in [0.5, 0.6) is 0 Å². The molecule has 0 aliphatic carbocycles. The van der Waals surface area contributed by atoms with Gasteiger partial charge in [0.05, 0.1) is 19.0 Å². The first-order valence-corrected chi connectivity index (χ1v) is 8.93. The molecule has 2 aliphatic rings. The van der Waals surface area contributed by atoms with Gasteiger partial charge in [-0.1, -0.05) is 36.1 Å². The Morgan fingerprint density at radius 2 is 2.08 bits per heavy atom. The molecule has 1 aromatic rings. The molecule has 4 nitrogen and oxygen atoms in total. The van der Waals surface area contributed by atoms with Crippen LogP contribution in [-0.4, -0.2) is 55.5 Å². The predicted molar refractivity (Wildman–Crippen MR) is 96.4 cm³/mol. The van der Waals surface area contributed by atoms with Crippen LogP contribution in [-0.2, 0) is 17.8 Å². The highest BCUT2D eigenvalue weighted by atomic mass is 16.1. The second kappa shape index (κ2) is 8.32. The quantitative estimate of drug-likeness (QED) is 0.856. The number of nitrogens with one attached hydrogen (secondary N) is 1. The summed E-state index contributed by atoms with van der Waals surface area (Å²) in [6.45, 7) is 5.24. The molecule has 2 aliphatic heterocycles. The SMILES string of the molecule is CN1CCC[C@@H](C(=O)NCC#CCN2CCc3ccccc3C2)C1. The molecule has 0 spiro atoms. The lowest BCUT2D eigenvalue weighted by molar-refractivity contribution is -0.126. The molecule has 1 fully saturated rings. The van der Waals surface area contributed by atoms with Crippen molar-refractivity contribution in [3.8, 4) is 11.8 Å². The molecule has 0 radical (unpaired) electrons. The van der Waals surface area contributed by atoms with Gasteiger partial charge in [0.25, 0.3) is 0 Å². The largest absolute Gasteiger partial charge is 0.345 e. The minimum absolute atomic E-state index is 0.129. The van der Waals surface area contributed by atoms with Crippen LogP contribution in [0.15, 0.2) is 24.3 Å². The molecule has 0 saturated carbocycles. The Morgan fingerprint density at radius 1 is 1.25 bits per heavy atom. The zero-order valence-electron chi connectivity index (χ0n) is 14.6. The van der Waals surface area contributed by atoms with Crippen LogP contribution in [0.4, 0.5) is 0 Å². The third-order valence-electron chi connectivity index (χ3n) is 4.98. The molecule has 4 heteroatoms. The Bertz CT molecular complexity index is 631. The van der Waals surface area contributed by atoms with Crippen molar-refractivity contribution in [3.63, 3.8) is 0 Å². The fraction of sp³-hybridized carbons (Fsp3) is 0.550. The van der Waals surface area contributed by atoms with Gasteiger partial charge in [-0.05, 0) is 44.0 Å². The van der Waals surface area contributed by atoms with E-state index in [0.29, 0.717) is 6.54 Å². The van der Waals surface area contributed by atoms with E-state index in [0.717, 1.165) is 52.0 Å². The number of hydrogen-bond donors (Lipinski definition) is 1. The molecule has 0 unspecified atom stereocenters. The van der Waals surface area contributed by atoms with Gasteiger partial charge < -0.3 is 10.2 Å². The topological polar surface area (TPSA) is 35.6 Å². The molecular formula is C20H27N3O. The zero-order chi connectivity index (χ0) is 16.8. The van der Waals surface area contributed by atoms with Gasteiger partial charge in [0, 0.05) is 19.6 Å². The van der Waals surface area contributed by atoms with E-state index in [-0.39, 0.29) is 11.8 Å². The number of benzene rings is 1. The van der Waals surface area contributed by atoms with Crippen molar-refractivity contribution in [1.82, 2.24) is 15.1 Å². The molecular weight excluding hydrogens is 298 g/mol. The highest BCUT2D eigenvalue weighted by Crippen LogP contribution is 2.17. The molecule has 1 aromatic carbocycles. The smallest absolute Gasteiger partial charge is 0.225 e. The number of nitrogens with zero attached hydrogens (tertiary/aromatic N) is 2. The van der Waals surface area contributed by atoms with Crippen LogP contribution in [0.2, 0.25) is 0 Å². The van der Waals surface area contributed by atoms with E-state index < -0.39 is 0 Å². The monoisotopic (exact) mass is 325 g/mol. The second-order valence-corrected chi connectivity index (χ2v) is 6.90. The molecule has 1 saturated heterocycles. The van der Waals surface area contributed by atoms with Crippen LogP contribution >= 0.6 is 0 Å². The van der Waals surface area contributed by atoms with Gasteiger partial charge in [0.15, 0.2) is 0 Å². The van der Waals surface area contributed by atoms with E-state index in [4.69, 9.17) is 0 Å². The average Bonchev–Trinajstić information content (AvgIpc) is 2.61. The van der Waals surface area contributed by atoms with Crippen LogP contribution < -0.4 is 5.32 Å². The van der Waals surface area contributed by atoms with E-state index in [1.807, 2.05) is 0 Å². The van der Waals surface area contributed by atoms with Crippen molar-refractivity contribution >= 4 is 5.91 Å². The van der Waals surface area contributed by atoms with Crippen molar-refractivity contribution in [2.24, 2.45) is 5.92 Å². The molecule has 2 heterocycles. The number of carbonyl (C=O) groups is 1. The summed E-state index contributed by atoms with van der Waals surface area (Å²) >= 11 is 0. The van der Waals surface area contributed by atoms with Crippen molar-refractivity contribution < 1.29 is 4.79 Å². The first-order valence-electron chi connectivity index (χ1n) is 8.93. The maximum Gasteiger partial charge on any atom is 0.225 e. The van der Waals surface area contributed by atoms with E-state index in [1.165, 1.54) is 11.1 Å². The summed E-state index contributed by atoms with van der Waals surface area (Å²) in [7, 11) is 2.08. The lowest BCUT2D eigenvalue weighted by Gasteiger charge is -2.28. The van der Waals surface area contributed by atoms with Crippen LogP contribution in [0.3, 0.4) is 0 Å². The van der Waals surface area contributed by atoms with E-state index >= 15 is 0 Å². The van der Waals surface area contributed by atoms with E-state index in [1.54, 1.807) is 0 Å². The lowest BCUT2D eigenvalue weighted by Crippen LogP contribution is -2.41. The molecule has 0 bridgehead atoms.